The van der Waals surface area contributed by atoms with E-state index < -0.39 is 0 Å². The van der Waals surface area contributed by atoms with Gasteiger partial charge in [-0.25, -0.2) is 0 Å². The molecule has 3 heteroatoms. The maximum Gasteiger partial charge on any atom is 0.0487 e. The lowest BCUT2D eigenvalue weighted by molar-refractivity contribution is 0.0472. The van der Waals surface area contributed by atoms with Crippen molar-refractivity contribution >= 4 is 0 Å². The molecule has 0 heterocycles. The zero-order chi connectivity index (χ0) is 10.3. The van der Waals surface area contributed by atoms with Crippen LogP contribution in [0.15, 0.2) is 0 Å². The molecule has 0 bridgehead atoms. The van der Waals surface area contributed by atoms with E-state index in [-0.39, 0.29) is 0 Å². The molecule has 1 fully saturated rings. The lowest BCUT2D eigenvalue weighted by Crippen LogP contribution is -2.38. The van der Waals surface area contributed by atoms with Crippen molar-refractivity contribution in [2.45, 2.75) is 32.1 Å². The molecule has 0 radical (unpaired) electrons. The minimum absolute atomic E-state index is 0.432. The van der Waals surface area contributed by atoms with E-state index in [2.05, 4.69) is 0 Å². The van der Waals surface area contributed by atoms with Crippen molar-refractivity contribution in [1.29, 1.82) is 0 Å². The van der Waals surface area contributed by atoms with E-state index in [0.29, 0.717) is 5.41 Å². The number of methoxy groups -OCH3 is 1. The maximum absolute atomic E-state index is 5.76. The van der Waals surface area contributed by atoms with Crippen LogP contribution in [0.5, 0.6) is 0 Å². The van der Waals surface area contributed by atoms with Crippen molar-refractivity contribution in [2.75, 3.05) is 33.5 Å². The van der Waals surface area contributed by atoms with Gasteiger partial charge in [0.2, 0.25) is 0 Å². The second-order valence-corrected chi connectivity index (χ2v) is 4.27. The quantitative estimate of drug-likeness (QED) is 0.606. The monoisotopic (exact) mass is 201 g/mol. The highest BCUT2D eigenvalue weighted by molar-refractivity contribution is 4.88. The lowest BCUT2D eigenvalue weighted by Gasteiger charge is -2.41. The molecule has 2 N–H and O–H groups in total. The van der Waals surface area contributed by atoms with Crippen LogP contribution in [0.3, 0.4) is 0 Å². The molecule has 1 saturated carbocycles. The molecular formula is C11H23NO2. The van der Waals surface area contributed by atoms with Crippen molar-refractivity contribution in [2.24, 2.45) is 11.1 Å². The number of nitrogens with two attached hydrogens (primary N) is 1. The van der Waals surface area contributed by atoms with Crippen molar-refractivity contribution in [3.63, 3.8) is 0 Å². The Bertz CT molecular complexity index is 141. The molecule has 1 aliphatic rings. The first-order chi connectivity index (χ1) is 6.83. The normalized spacial score (nSPS) is 19.3. The largest absolute Gasteiger partial charge is 0.385 e. The summed E-state index contributed by atoms with van der Waals surface area (Å²) < 4.78 is 10.5. The first-order valence-electron chi connectivity index (χ1n) is 5.60. The highest BCUT2D eigenvalue weighted by Crippen LogP contribution is 2.42. The predicted octanol–water partition coefficient (Wildman–Crippen LogP) is 1.56. The van der Waals surface area contributed by atoms with E-state index in [1.807, 2.05) is 0 Å². The van der Waals surface area contributed by atoms with Gasteiger partial charge >= 0.3 is 0 Å². The van der Waals surface area contributed by atoms with E-state index in [1.165, 1.54) is 19.3 Å². The fourth-order valence-electron chi connectivity index (χ4n) is 1.93. The van der Waals surface area contributed by atoms with Gasteiger partial charge in [0.1, 0.15) is 0 Å². The zero-order valence-corrected chi connectivity index (χ0v) is 9.26. The number of hydrogen-bond donors (Lipinski definition) is 1. The first kappa shape index (κ1) is 12.0. The highest BCUT2D eigenvalue weighted by atomic mass is 16.5. The molecule has 0 aromatic rings. The van der Waals surface area contributed by atoms with Gasteiger partial charge in [0, 0.05) is 26.9 Å². The average Bonchev–Trinajstić information content (AvgIpc) is 2.15. The molecular weight excluding hydrogens is 178 g/mol. The first-order valence-corrected chi connectivity index (χ1v) is 5.60. The maximum atomic E-state index is 5.76. The summed E-state index contributed by atoms with van der Waals surface area (Å²) in [6, 6.07) is 0. The highest BCUT2D eigenvalue weighted by Gasteiger charge is 2.34. The molecule has 1 aliphatic carbocycles. The van der Waals surface area contributed by atoms with Gasteiger partial charge in [0.05, 0.1) is 0 Å². The third kappa shape index (κ3) is 3.56. The lowest BCUT2D eigenvalue weighted by atomic mass is 9.67. The predicted molar refractivity (Wildman–Crippen MR) is 57.3 cm³/mol. The number of ether oxygens (including phenoxy) is 2. The van der Waals surface area contributed by atoms with Crippen LogP contribution in [-0.2, 0) is 9.47 Å². The fraction of sp³-hybridized carbons (Fsp3) is 1.00. The van der Waals surface area contributed by atoms with Crippen LogP contribution in [0, 0.1) is 5.41 Å². The van der Waals surface area contributed by atoms with E-state index in [4.69, 9.17) is 15.2 Å². The summed E-state index contributed by atoms with van der Waals surface area (Å²) in [6.45, 7) is 3.30. The molecule has 0 spiro atoms. The number of rotatable bonds is 8. The molecule has 0 aliphatic heterocycles. The molecule has 0 saturated heterocycles. The van der Waals surface area contributed by atoms with Crippen molar-refractivity contribution in [1.82, 2.24) is 0 Å². The third-order valence-electron chi connectivity index (χ3n) is 3.26. The summed E-state index contributed by atoms with van der Waals surface area (Å²) in [7, 11) is 1.72. The van der Waals surface area contributed by atoms with Crippen molar-refractivity contribution in [3.05, 3.63) is 0 Å². The summed E-state index contributed by atoms with van der Waals surface area (Å²) >= 11 is 0. The van der Waals surface area contributed by atoms with Gasteiger partial charge in [-0.3, -0.25) is 0 Å². The Balaban J connectivity index is 1.92. The van der Waals surface area contributed by atoms with Crippen molar-refractivity contribution < 1.29 is 9.47 Å². The van der Waals surface area contributed by atoms with Crippen LogP contribution < -0.4 is 5.73 Å². The fourth-order valence-corrected chi connectivity index (χ4v) is 1.93. The Labute approximate surface area is 86.9 Å². The van der Waals surface area contributed by atoms with Crippen molar-refractivity contribution in [3.8, 4) is 0 Å². The van der Waals surface area contributed by atoms with Gasteiger partial charge in [-0.2, -0.15) is 0 Å². The van der Waals surface area contributed by atoms with Gasteiger partial charge in [-0.15, -0.1) is 0 Å². The van der Waals surface area contributed by atoms with Gasteiger partial charge < -0.3 is 15.2 Å². The second-order valence-electron chi connectivity index (χ2n) is 4.27. The van der Waals surface area contributed by atoms with Crippen LogP contribution in [0.1, 0.15) is 32.1 Å². The Morgan fingerprint density at radius 3 is 2.50 bits per heavy atom. The Hall–Kier alpha value is -0.120. The molecule has 1 rings (SSSR count). The van der Waals surface area contributed by atoms with E-state index in [9.17, 15) is 0 Å². The smallest absolute Gasteiger partial charge is 0.0487 e. The molecule has 0 atom stereocenters. The van der Waals surface area contributed by atoms with E-state index in [1.54, 1.807) is 7.11 Å². The number of hydrogen-bond acceptors (Lipinski definition) is 3. The van der Waals surface area contributed by atoms with Crippen LogP contribution in [0.4, 0.5) is 0 Å². The zero-order valence-electron chi connectivity index (χ0n) is 9.26. The van der Waals surface area contributed by atoms with Crippen LogP contribution >= 0.6 is 0 Å². The molecule has 0 aromatic carbocycles. The Kier molecular flexibility index (Phi) is 5.45. The topological polar surface area (TPSA) is 44.5 Å². The SMILES string of the molecule is COCCCOCCC1(CN)CCC1. The van der Waals surface area contributed by atoms with Crippen LogP contribution in [-0.4, -0.2) is 33.5 Å². The minimum Gasteiger partial charge on any atom is -0.385 e. The van der Waals surface area contributed by atoms with E-state index in [0.717, 1.165) is 39.2 Å². The Morgan fingerprint density at radius 2 is 2.00 bits per heavy atom. The summed E-state index contributed by atoms with van der Waals surface area (Å²) in [6.07, 6.45) is 6.07. The molecule has 84 valence electrons. The van der Waals surface area contributed by atoms with Gasteiger partial charge in [-0.1, -0.05) is 6.42 Å². The Morgan fingerprint density at radius 1 is 1.21 bits per heavy atom. The molecule has 14 heavy (non-hydrogen) atoms. The minimum atomic E-state index is 0.432. The average molecular weight is 201 g/mol. The summed E-state index contributed by atoms with van der Waals surface area (Å²) in [5.41, 5.74) is 6.19. The summed E-state index contributed by atoms with van der Waals surface area (Å²) in [5.74, 6) is 0. The van der Waals surface area contributed by atoms with E-state index >= 15 is 0 Å². The van der Waals surface area contributed by atoms with Crippen LogP contribution in [0.2, 0.25) is 0 Å². The standard InChI is InChI=1S/C11H23NO2/c1-13-7-3-8-14-9-6-11(10-12)4-2-5-11/h2-10,12H2,1H3. The molecule has 0 aromatic heterocycles. The summed E-state index contributed by atoms with van der Waals surface area (Å²) in [4.78, 5) is 0. The van der Waals surface area contributed by atoms with Gasteiger partial charge in [0.15, 0.2) is 0 Å². The van der Waals surface area contributed by atoms with Gasteiger partial charge in [0.25, 0.3) is 0 Å². The second kappa shape index (κ2) is 6.38. The van der Waals surface area contributed by atoms with Gasteiger partial charge in [-0.05, 0) is 37.6 Å². The van der Waals surface area contributed by atoms with Crippen LogP contribution in [0.25, 0.3) is 0 Å². The molecule has 3 nitrogen and oxygen atoms in total. The third-order valence-corrected chi connectivity index (χ3v) is 3.26. The summed E-state index contributed by atoms with van der Waals surface area (Å²) in [5, 5.41) is 0. The molecule has 0 unspecified atom stereocenters. The molecule has 0 amide bonds.